The van der Waals surface area contributed by atoms with Crippen molar-refractivity contribution < 1.29 is 18.4 Å². The van der Waals surface area contributed by atoms with Gasteiger partial charge in [0.15, 0.2) is 0 Å². The van der Waals surface area contributed by atoms with Crippen molar-refractivity contribution in [3.8, 4) is 6.07 Å². The zero-order chi connectivity index (χ0) is 20.9. The number of nitriles is 1. The van der Waals surface area contributed by atoms with Crippen LogP contribution in [-0.2, 0) is 11.2 Å². The number of hydrogen-bond donors (Lipinski definition) is 1. The molecule has 0 spiro atoms. The average molecular weight is 398 g/mol. The molecule has 8 heteroatoms. The maximum absolute atomic E-state index is 13.5. The van der Waals surface area contributed by atoms with E-state index in [1.54, 1.807) is 18.3 Å². The second-order valence-corrected chi connectivity index (χ2v) is 6.92. The Morgan fingerprint density at radius 3 is 2.76 bits per heavy atom. The van der Waals surface area contributed by atoms with E-state index in [1.807, 2.05) is 30.3 Å². The number of hydrogen-bond acceptors (Lipinski definition) is 4. The molecule has 1 aromatic heterocycles. The van der Waals surface area contributed by atoms with Crippen LogP contribution in [0.1, 0.15) is 34.3 Å². The van der Waals surface area contributed by atoms with Gasteiger partial charge in [-0.2, -0.15) is 5.26 Å². The van der Waals surface area contributed by atoms with E-state index in [1.165, 1.54) is 6.20 Å². The maximum Gasteiger partial charge on any atom is 0.252 e. The quantitative estimate of drug-likeness (QED) is 0.839. The number of benzene rings is 1. The van der Waals surface area contributed by atoms with Crippen molar-refractivity contribution in [1.29, 1.82) is 5.26 Å². The predicted octanol–water partition coefficient (Wildman–Crippen LogP) is 2.55. The smallest absolute Gasteiger partial charge is 0.252 e. The summed E-state index contributed by atoms with van der Waals surface area (Å²) in [6, 6.07) is 11.7. The third-order valence-corrected chi connectivity index (χ3v) is 4.84. The highest BCUT2D eigenvalue weighted by atomic mass is 19.3. The second kappa shape index (κ2) is 8.78. The largest absolute Gasteiger partial charge is 0.343 e. The summed E-state index contributed by atoms with van der Waals surface area (Å²) in [7, 11) is 0. The van der Waals surface area contributed by atoms with Gasteiger partial charge in [-0.3, -0.25) is 14.6 Å². The fourth-order valence-electron chi connectivity index (χ4n) is 3.31. The van der Waals surface area contributed by atoms with Gasteiger partial charge in [0, 0.05) is 37.3 Å². The number of nitrogens with one attached hydrogen (secondary N) is 1. The van der Waals surface area contributed by atoms with Gasteiger partial charge in [0.25, 0.3) is 11.8 Å². The lowest BCUT2D eigenvalue weighted by Gasteiger charge is -2.35. The van der Waals surface area contributed by atoms with Crippen LogP contribution in [-0.4, -0.2) is 46.8 Å². The van der Waals surface area contributed by atoms with Crippen molar-refractivity contribution in [1.82, 2.24) is 15.2 Å². The summed E-state index contributed by atoms with van der Waals surface area (Å²) in [6.45, 7) is -0.579. The number of piperidine rings is 1. The molecule has 0 saturated carbocycles. The second-order valence-electron chi connectivity index (χ2n) is 6.92. The standard InChI is InChI=1S/C21H20F2N4O2/c22-21(23)7-9-27(17(11-21)12-24)19(28)14-26-20(29)18-6-8-25-13-16(18)10-15-4-2-1-3-5-15/h1-6,8,13,17H,7,9-11,14H2,(H,26,29). The first-order chi connectivity index (χ1) is 13.9. The molecule has 1 aliphatic heterocycles. The van der Waals surface area contributed by atoms with Gasteiger partial charge in [-0.25, -0.2) is 8.78 Å². The molecule has 3 rings (SSSR count). The molecule has 1 saturated heterocycles. The summed E-state index contributed by atoms with van der Waals surface area (Å²) in [4.78, 5) is 30.2. The highest BCUT2D eigenvalue weighted by Crippen LogP contribution is 2.31. The molecule has 1 unspecified atom stereocenters. The Labute approximate surface area is 167 Å². The number of aromatic nitrogens is 1. The Morgan fingerprint density at radius 2 is 2.03 bits per heavy atom. The molecule has 2 aromatic rings. The summed E-state index contributed by atoms with van der Waals surface area (Å²) < 4.78 is 26.9. The number of pyridine rings is 1. The molecule has 2 amide bonds. The van der Waals surface area contributed by atoms with E-state index >= 15 is 0 Å². The number of likely N-dealkylation sites (tertiary alicyclic amines) is 1. The van der Waals surface area contributed by atoms with Gasteiger partial charge in [0.1, 0.15) is 6.04 Å². The van der Waals surface area contributed by atoms with E-state index < -0.39 is 36.6 Å². The van der Waals surface area contributed by atoms with Gasteiger partial charge in [-0.1, -0.05) is 30.3 Å². The maximum atomic E-state index is 13.5. The summed E-state index contributed by atoms with van der Waals surface area (Å²) in [5.41, 5.74) is 2.10. The number of carbonyl (C=O) groups excluding carboxylic acids is 2. The van der Waals surface area contributed by atoms with Gasteiger partial charge in [0.2, 0.25) is 5.91 Å². The van der Waals surface area contributed by atoms with Crippen molar-refractivity contribution in [2.75, 3.05) is 13.1 Å². The summed E-state index contributed by atoms with van der Waals surface area (Å²) in [6.07, 6.45) is 2.42. The van der Waals surface area contributed by atoms with E-state index in [0.29, 0.717) is 17.5 Å². The van der Waals surface area contributed by atoms with Crippen LogP contribution in [0, 0.1) is 11.3 Å². The number of nitrogens with zero attached hydrogens (tertiary/aromatic N) is 3. The molecule has 1 fully saturated rings. The van der Waals surface area contributed by atoms with Crippen molar-refractivity contribution in [3.63, 3.8) is 0 Å². The molecule has 0 radical (unpaired) electrons. The molecule has 1 aliphatic rings. The lowest BCUT2D eigenvalue weighted by atomic mass is 9.99. The Bertz CT molecular complexity index is 928. The van der Waals surface area contributed by atoms with E-state index in [0.717, 1.165) is 10.5 Å². The molecule has 29 heavy (non-hydrogen) atoms. The Balaban J connectivity index is 1.64. The number of carbonyl (C=O) groups is 2. The number of amides is 2. The van der Waals surface area contributed by atoms with Gasteiger partial charge >= 0.3 is 0 Å². The first kappa shape index (κ1) is 20.4. The van der Waals surface area contributed by atoms with E-state index in [-0.39, 0.29) is 13.1 Å². The monoisotopic (exact) mass is 398 g/mol. The van der Waals surface area contributed by atoms with Gasteiger partial charge in [-0.05, 0) is 23.6 Å². The molecule has 1 N–H and O–H groups in total. The van der Waals surface area contributed by atoms with Gasteiger partial charge in [-0.15, -0.1) is 0 Å². The summed E-state index contributed by atoms with van der Waals surface area (Å²) in [5.74, 6) is -3.97. The zero-order valence-electron chi connectivity index (χ0n) is 15.6. The normalized spacial score (nSPS) is 18.0. The van der Waals surface area contributed by atoms with Gasteiger partial charge < -0.3 is 10.2 Å². The summed E-state index contributed by atoms with van der Waals surface area (Å²) >= 11 is 0. The number of halogens is 2. The van der Waals surface area contributed by atoms with E-state index in [4.69, 9.17) is 5.26 Å². The van der Waals surface area contributed by atoms with Crippen molar-refractivity contribution >= 4 is 11.8 Å². The Morgan fingerprint density at radius 1 is 1.28 bits per heavy atom. The molecule has 1 atom stereocenters. The molecule has 1 aromatic carbocycles. The fourth-order valence-corrected chi connectivity index (χ4v) is 3.31. The Kier molecular flexibility index (Phi) is 6.17. The molecule has 0 bridgehead atoms. The van der Waals surface area contributed by atoms with Crippen LogP contribution in [0.4, 0.5) is 8.78 Å². The highest BCUT2D eigenvalue weighted by Gasteiger charge is 2.42. The third kappa shape index (κ3) is 5.13. The van der Waals surface area contributed by atoms with Crippen molar-refractivity contribution in [2.24, 2.45) is 0 Å². The molecule has 6 nitrogen and oxygen atoms in total. The number of alkyl halides is 2. The molecule has 2 heterocycles. The molecular weight excluding hydrogens is 378 g/mol. The van der Waals surface area contributed by atoms with Crippen LogP contribution >= 0.6 is 0 Å². The SMILES string of the molecule is N#CC1CC(F)(F)CCN1C(=O)CNC(=O)c1ccncc1Cc1ccccc1. The predicted molar refractivity (Wildman–Crippen MR) is 101 cm³/mol. The number of rotatable bonds is 5. The highest BCUT2D eigenvalue weighted by molar-refractivity contribution is 5.97. The van der Waals surface area contributed by atoms with Crippen molar-refractivity contribution in [3.05, 3.63) is 65.5 Å². The zero-order valence-corrected chi connectivity index (χ0v) is 15.6. The summed E-state index contributed by atoms with van der Waals surface area (Å²) in [5, 5.41) is 11.6. The van der Waals surface area contributed by atoms with Crippen LogP contribution in [0.2, 0.25) is 0 Å². The topological polar surface area (TPSA) is 86.1 Å². The molecule has 150 valence electrons. The minimum Gasteiger partial charge on any atom is -0.343 e. The first-order valence-corrected chi connectivity index (χ1v) is 9.21. The van der Waals surface area contributed by atoms with Crippen molar-refractivity contribution in [2.45, 2.75) is 31.2 Å². The Hall–Kier alpha value is -3.34. The molecule has 0 aliphatic carbocycles. The first-order valence-electron chi connectivity index (χ1n) is 9.21. The van der Waals surface area contributed by atoms with Crippen LogP contribution in [0.3, 0.4) is 0 Å². The fraction of sp³-hybridized carbons (Fsp3) is 0.333. The van der Waals surface area contributed by atoms with E-state index in [2.05, 4.69) is 10.3 Å². The minimum absolute atomic E-state index is 0.214. The van der Waals surface area contributed by atoms with Gasteiger partial charge in [0.05, 0.1) is 12.6 Å². The van der Waals surface area contributed by atoms with E-state index in [9.17, 15) is 18.4 Å². The average Bonchev–Trinajstić information content (AvgIpc) is 2.72. The van der Waals surface area contributed by atoms with Crippen LogP contribution in [0.5, 0.6) is 0 Å². The minimum atomic E-state index is -2.95. The molecular formula is C21H20F2N4O2. The third-order valence-electron chi connectivity index (χ3n) is 4.84. The lowest BCUT2D eigenvalue weighted by Crippen LogP contribution is -2.51. The lowest BCUT2D eigenvalue weighted by molar-refractivity contribution is -0.139. The van der Waals surface area contributed by atoms with Crippen LogP contribution in [0.25, 0.3) is 0 Å². The van der Waals surface area contributed by atoms with Crippen LogP contribution in [0.15, 0.2) is 48.8 Å². The van der Waals surface area contributed by atoms with Crippen LogP contribution < -0.4 is 5.32 Å².